The van der Waals surface area contributed by atoms with E-state index in [1.165, 1.54) is 20.3 Å². The van der Waals surface area contributed by atoms with Gasteiger partial charge in [-0.3, -0.25) is 4.79 Å². The zero-order valence-corrected chi connectivity index (χ0v) is 13.1. The second kappa shape index (κ2) is 5.84. The van der Waals surface area contributed by atoms with E-state index >= 15 is 0 Å². The number of Topliss-reactive ketones (excluding diaryl/α,β-unsaturated/α-hetero) is 1. The summed E-state index contributed by atoms with van der Waals surface area (Å²) in [6.45, 7) is 0. The van der Waals surface area contributed by atoms with Crippen molar-refractivity contribution in [2.75, 3.05) is 14.2 Å². The quantitative estimate of drug-likeness (QED) is 0.793. The maximum atomic E-state index is 12.3. The first kappa shape index (κ1) is 15.8. The van der Waals surface area contributed by atoms with Crippen LogP contribution in [0.4, 0.5) is 0 Å². The van der Waals surface area contributed by atoms with Crippen LogP contribution in [0, 0.1) is 0 Å². The van der Waals surface area contributed by atoms with E-state index < -0.39 is 6.10 Å². The van der Waals surface area contributed by atoms with Crippen molar-refractivity contribution >= 4 is 5.78 Å². The van der Waals surface area contributed by atoms with Crippen LogP contribution in [-0.2, 0) is 0 Å². The molecular weight excluding hydrogens is 316 g/mol. The normalized spacial score (nSPS) is 16.2. The summed E-state index contributed by atoms with van der Waals surface area (Å²) in [5.41, 5.74) is 0.602. The number of hydrogen-bond acceptors (Lipinski definition) is 7. The highest BCUT2D eigenvalue weighted by Crippen LogP contribution is 2.44. The van der Waals surface area contributed by atoms with Gasteiger partial charge in [-0.1, -0.05) is 0 Å². The van der Waals surface area contributed by atoms with Gasteiger partial charge in [-0.25, -0.2) is 0 Å². The SMILES string of the molecule is COc1cc([C@@H]2CC(=O)c3c(O)cc(O)cc3O2)cc(OC)c1O. The van der Waals surface area contributed by atoms with Gasteiger partial charge in [0.25, 0.3) is 0 Å². The van der Waals surface area contributed by atoms with E-state index in [1.807, 2.05) is 0 Å². The molecule has 3 N–H and O–H groups in total. The number of fused-ring (bicyclic) bond motifs is 1. The van der Waals surface area contributed by atoms with Gasteiger partial charge in [-0.15, -0.1) is 0 Å². The molecule has 0 saturated heterocycles. The summed E-state index contributed by atoms with van der Waals surface area (Å²) in [6.07, 6.45) is -0.683. The van der Waals surface area contributed by atoms with Crippen LogP contribution in [0.3, 0.4) is 0 Å². The van der Waals surface area contributed by atoms with Gasteiger partial charge in [0, 0.05) is 17.7 Å². The minimum Gasteiger partial charge on any atom is -0.508 e. The molecule has 0 radical (unpaired) electrons. The van der Waals surface area contributed by atoms with Crippen molar-refractivity contribution in [1.82, 2.24) is 0 Å². The summed E-state index contributed by atoms with van der Waals surface area (Å²) in [4.78, 5) is 12.3. The maximum Gasteiger partial charge on any atom is 0.200 e. The van der Waals surface area contributed by atoms with Crippen LogP contribution in [0.2, 0.25) is 0 Å². The lowest BCUT2D eigenvalue weighted by Crippen LogP contribution is -2.20. The van der Waals surface area contributed by atoms with E-state index in [1.54, 1.807) is 12.1 Å². The number of rotatable bonds is 3. The van der Waals surface area contributed by atoms with Gasteiger partial charge in [0.15, 0.2) is 17.3 Å². The molecule has 7 heteroatoms. The fraction of sp³-hybridized carbons (Fsp3) is 0.235. The summed E-state index contributed by atoms with van der Waals surface area (Å²) in [6, 6.07) is 5.45. The Kier molecular flexibility index (Phi) is 3.84. The van der Waals surface area contributed by atoms with Gasteiger partial charge in [0.2, 0.25) is 5.75 Å². The first-order valence-electron chi connectivity index (χ1n) is 7.15. The van der Waals surface area contributed by atoms with Crippen LogP contribution in [0.15, 0.2) is 24.3 Å². The van der Waals surface area contributed by atoms with Crippen molar-refractivity contribution in [2.24, 2.45) is 0 Å². The third-order valence-electron chi connectivity index (χ3n) is 3.86. The van der Waals surface area contributed by atoms with Crippen LogP contribution < -0.4 is 14.2 Å². The number of phenols is 3. The lowest BCUT2D eigenvalue weighted by atomic mass is 9.95. The standard InChI is InChI=1S/C17H16O7/c1-22-14-3-8(4-15(23-2)17(14)21)12-7-11(20)16-10(19)5-9(18)6-13(16)24-12/h3-6,12,18-19,21H,7H2,1-2H3/t12-/m0/s1. The number of ether oxygens (including phenoxy) is 3. The second-order valence-electron chi connectivity index (χ2n) is 5.35. The molecule has 0 amide bonds. The molecule has 1 aliphatic rings. The average molecular weight is 332 g/mol. The molecule has 1 aliphatic heterocycles. The van der Waals surface area contributed by atoms with Crippen LogP contribution in [0.1, 0.15) is 28.4 Å². The number of carbonyl (C=O) groups is 1. The molecule has 7 nitrogen and oxygen atoms in total. The molecule has 0 aromatic heterocycles. The van der Waals surface area contributed by atoms with Crippen molar-refractivity contribution in [1.29, 1.82) is 0 Å². The second-order valence-corrected chi connectivity index (χ2v) is 5.35. The molecule has 2 aromatic carbocycles. The number of carbonyl (C=O) groups excluding carboxylic acids is 1. The average Bonchev–Trinajstić information content (AvgIpc) is 2.53. The van der Waals surface area contributed by atoms with Crippen LogP contribution in [-0.4, -0.2) is 35.3 Å². The highest BCUT2D eigenvalue weighted by molar-refractivity contribution is 6.02. The zero-order valence-electron chi connectivity index (χ0n) is 13.1. The minimum atomic E-state index is -0.672. The van der Waals surface area contributed by atoms with Crippen molar-refractivity contribution in [3.05, 3.63) is 35.4 Å². The summed E-state index contributed by atoms with van der Waals surface area (Å²) in [5.74, 6) is -0.532. The number of ketones is 1. The predicted molar refractivity (Wildman–Crippen MR) is 83.3 cm³/mol. The largest absolute Gasteiger partial charge is 0.508 e. The van der Waals surface area contributed by atoms with Crippen molar-refractivity contribution in [2.45, 2.75) is 12.5 Å². The number of aromatic hydroxyl groups is 3. The molecule has 1 heterocycles. The monoisotopic (exact) mass is 332 g/mol. The van der Waals surface area contributed by atoms with Crippen molar-refractivity contribution in [3.63, 3.8) is 0 Å². The van der Waals surface area contributed by atoms with Gasteiger partial charge in [-0.05, 0) is 12.1 Å². The van der Waals surface area contributed by atoms with E-state index in [0.717, 1.165) is 6.07 Å². The Labute approximate surface area is 137 Å². The third-order valence-corrected chi connectivity index (χ3v) is 3.86. The van der Waals surface area contributed by atoms with Crippen LogP contribution in [0.5, 0.6) is 34.5 Å². The van der Waals surface area contributed by atoms with Crippen LogP contribution in [0.25, 0.3) is 0 Å². The molecule has 0 saturated carbocycles. The molecule has 0 unspecified atom stereocenters. The van der Waals surface area contributed by atoms with E-state index in [-0.39, 0.29) is 52.3 Å². The molecular formula is C17H16O7. The first-order chi connectivity index (χ1) is 11.4. The van der Waals surface area contributed by atoms with E-state index in [9.17, 15) is 20.1 Å². The lowest BCUT2D eigenvalue weighted by molar-refractivity contribution is 0.0844. The number of benzene rings is 2. The Bertz CT molecular complexity index is 788. The first-order valence-corrected chi connectivity index (χ1v) is 7.15. The fourth-order valence-corrected chi connectivity index (χ4v) is 2.71. The fourth-order valence-electron chi connectivity index (χ4n) is 2.71. The van der Waals surface area contributed by atoms with Gasteiger partial charge in [0.05, 0.1) is 20.6 Å². The molecule has 0 fully saturated rings. The Balaban J connectivity index is 2.04. The number of methoxy groups -OCH3 is 2. The lowest BCUT2D eigenvalue weighted by Gasteiger charge is -2.26. The van der Waals surface area contributed by atoms with E-state index in [4.69, 9.17) is 14.2 Å². The zero-order chi connectivity index (χ0) is 17.4. The number of phenolic OH excluding ortho intramolecular Hbond substituents is 3. The van der Waals surface area contributed by atoms with Gasteiger partial charge < -0.3 is 29.5 Å². The Hall–Kier alpha value is -3.09. The topological polar surface area (TPSA) is 105 Å². The minimum absolute atomic E-state index is 0.0115. The van der Waals surface area contributed by atoms with E-state index in [2.05, 4.69) is 0 Å². The highest BCUT2D eigenvalue weighted by Gasteiger charge is 2.31. The molecule has 2 aromatic rings. The summed E-state index contributed by atoms with van der Waals surface area (Å²) in [5, 5.41) is 29.4. The number of hydrogen-bond donors (Lipinski definition) is 3. The van der Waals surface area contributed by atoms with Gasteiger partial charge >= 0.3 is 0 Å². The molecule has 1 atom stereocenters. The van der Waals surface area contributed by atoms with Gasteiger partial charge in [-0.2, -0.15) is 0 Å². The summed E-state index contributed by atoms with van der Waals surface area (Å²) < 4.78 is 16.0. The molecule has 126 valence electrons. The third kappa shape index (κ3) is 2.54. The maximum absolute atomic E-state index is 12.3. The smallest absolute Gasteiger partial charge is 0.200 e. The predicted octanol–water partition coefficient (Wildman–Crippen LogP) is 2.53. The van der Waals surface area contributed by atoms with E-state index in [0.29, 0.717) is 5.56 Å². The molecule has 24 heavy (non-hydrogen) atoms. The molecule has 0 bridgehead atoms. The van der Waals surface area contributed by atoms with Crippen molar-refractivity contribution in [3.8, 4) is 34.5 Å². The Morgan fingerprint density at radius 2 is 1.67 bits per heavy atom. The highest BCUT2D eigenvalue weighted by atomic mass is 16.5. The van der Waals surface area contributed by atoms with Gasteiger partial charge in [0.1, 0.15) is 28.9 Å². The molecule has 0 spiro atoms. The Morgan fingerprint density at radius 1 is 1.04 bits per heavy atom. The molecule has 0 aliphatic carbocycles. The Morgan fingerprint density at radius 3 is 2.25 bits per heavy atom. The summed E-state index contributed by atoms with van der Waals surface area (Å²) >= 11 is 0. The summed E-state index contributed by atoms with van der Waals surface area (Å²) in [7, 11) is 2.80. The van der Waals surface area contributed by atoms with Crippen molar-refractivity contribution < 1.29 is 34.3 Å². The van der Waals surface area contributed by atoms with Crippen LogP contribution >= 0.6 is 0 Å². The molecule has 3 rings (SSSR count).